The molecule has 1 aliphatic carbocycles. The van der Waals surface area contributed by atoms with Gasteiger partial charge in [-0.2, -0.15) is 0 Å². The van der Waals surface area contributed by atoms with Crippen LogP contribution in [0.2, 0.25) is 0 Å². The molecular weight excluding hydrogens is 267 g/mol. The number of carboxylic acid groups (broad SMARTS) is 2. The van der Waals surface area contributed by atoms with Gasteiger partial charge < -0.3 is 10.2 Å². The Morgan fingerprint density at radius 2 is 1.70 bits per heavy atom. The molecule has 1 aromatic rings. The Kier molecular flexibility index (Phi) is 3.83. The van der Waals surface area contributed by atoms with E-state index in [-0.39, 0.29) is 18.6 Å². The molecule has 1 fully saturated rings. The lowest BCUT2D eigenvalue weighted by Crippen LogP contribution is -2.41. The first-order valence-electron chi connectivity index (χ1n) is 6.15. The van der Waals surface area contributed by atoms with E-state index in [1.807, 2.05) is 0 Å². The van der Waals surface area contributed by atoms with Gasteiger partial charge in [-0.05, 0) is 24.1 Å². The van der Waals surface area contributed by atoms with Gasteiger partial charge in [0.05, 0.1) is 17.8 Å². The molecule has 1 aromatic carbocycles. The van der Waals surface area contributed by atoms with E-state index in [1.54, 1.807) is 0 Å². The summed E-state index contributed by atoms with van der Waals surface area (Å²) in [5.74, 6) is -6.83. The number of carbonyl (C=O) groups is 3. The Labute approximate surface area is 114 Å². The van der Waals surface area contributed by atoms with Crippen molar-refractivity contribution in [2.75, 3.05) is 0 Å². The minimum absolute atomic E-state index is 0.0167. The highest BCUT2D eigenvalue weighted by Gasteiger charge is 2.46. The van der Waals surface area contributed by atoms with Gasteiger partial charge >= 0.3 is 11.9 Å². The summed E-state index contributed by atoms with van der Waals surface area (Å²) in [5, 5.41) is 18.4. The maximum Gasteiger partial charge on any atom is 0.308 e. The smallest absolute Gasteiger partial charge is 0.308 e. The minimum atomic E-state index is -1.32. The van der Waals surface area contributed by atoms with Crippen LogP contribution < -0.4 is 0 Å². The highest BCUT2D eigenvalue weighted by atomic mass is 19.1. The number of benzene rings is 1. The molecule has 2 N–H and O–H groups in total. The van der Waals surface area contributed by atoms with Crippen LogP contribution in [0.3, 0.4) is 0 Å². The van der Waals surface area contributed by atoms with Gasteiger partial charge in [-0.1, -0.05) is 12.1 Å². The lowest BCUT2D eigenvalue weighted by Gasteiger charge is -2.32. The van der Waals surface area contributed by atoms with Gasteiger partial charge in [0, 0.05) is 6.42 Å². The van der Waals surface area contributed by atoms with Gasteiger partial charge in [-0.15, -0.1) is 0 Å². The number of hydrogen-bond donors (Lipinski definition) is 2. The lowest BCUT2D eigenvalue weighted by atomic mass is 9.68. The second kappa shape index (κ2) is 5.40. The molecule has 1 aliphatic rings. The van der Waals surface area contributed by atoms with Crippen molar-refractivity contribution >= 4 is 17.7 Å². The van der Waals surface area contributed by atoms with Crippen LogP contribution in [0.1, 0.15) is 24.3 Å². The van der Waals surface area contributed by atoms with Crippen LogP contribution in [0.15, 0.2) is 24.3 Å². The average molecular weight is 280 g/mol. The van der Waals surface area contributed by atoms with E-state index in [0.717, 1.165) is 12.1 Å². The van der Waals surface area contributed by atoms with Crippen molar-refractivity contribution in [3.8, 4) is 0 Å². The zero-order valence-corrected chi connectivity index (χ0v) is 10.5. The normalized spacial score (nSPS) is 26.2. The quantitative estimate of drug-likeness (QED) is 0.878. The Morgan fingerprint density at radius 3 is 2.20 bits per heavy atom. The summed E-state index contributed by atoms with van der Waals surface area (Å²) in [6, 6.07) is 4.92. The third-order valence-electron chi connectivity index (χ3n) is 3.67. The van der Waals surface area contributed by atoms with E-state index in [4.69, 9.17) is 5.11 Å². The van der Waals surface area contributed by atoms with Crippen molar-refractivity contribution in [2.24, 2.45) is 11.8 Å². The molecule has 3 atom stereocenters. The Balaban J connectivity index is 2.44. The fraction of sp³-hybridized carbons (Fsp3) is 0.357. The summed E-state index contributed by atoms with van der Waals surface area (Å²) in [6.07, 6.45) is 0.0334. The zero-order valence-electron chi connectivity index (χ0n) is 10.5. The van der Waals surface area contributed by atoms with Gasteiger partial charge in [-0.25, -0.2) is 4.39 Å². The molecule has 3 unspecified atom stereocenters. The summed E-state index contributed by atoms with van der Waals surface area (Å²) >= 11 is 0. The molecule has 0 spiro atoms. The third-order valence-corrected chi connectivity index (χ3v) is 3.67. The molecule has 1 saturated carbocycles. The van der Waals surface area contributed by atoms with Gasteiger partial charge in [0.15, 0.2) is 0 Å². The monoisotopic (exact) mass is 280 g/mol. The van der Waals surface area contributed by atoms with E-state index in [0.29, 0.717) is 5.56 Å². The highest BCUT2D eigenvalue weighted by molar-refractivity contribution is 5.95. The van der Waals surface area contributed by atoms with E-state index in [9.17, 15) is 23.9 Å². The molecular formula is C14H13FO5. The van der Waals surface area contributed by atoms with E-state index < -0.39 is 35.5 Å². The molecule has 106 valence electrons. The number of rotatable bonds is 3. The molecule has 0 amide bonds. The summed E-state index contributed by atoms with van der Waals surface area (Å²) < 4.78 is 12.9. The first kappa shape index (κ1) is 14.2. The van der Waals surface area contributed by atoms with Gasteiger partial charge in [0.25, 0.3) is 0 Å². The molecule has 0 bridgehead atoms. The van der Waals surface area contributed by atoms with Gasteiger partial charge in [0.2, 0.25) is 0 Å². The molecule has 5 nitrogen and oxygen atoms in total. The van der Waals surface area contributed by atoms with Crippen molar-refractivity contribution < 1.29 is 29.0 Å². The van der Waals surface area contributed by atoms with Crippen molar-refractivity contribution in [2.45, 2.75) is 18.8 Å². The molecule has 0 heterocycles. The topological polar surface area (TPSA) is 91.7 Å². The first-order valence-corrected chi connectivity index (χ1v) is 6.15. The Hall–Kier alpha value is -2.24. The van der Waals surface area contributed by atoms with Crippen molar-refractivity contribution in [1.82, 2.24) is 0 Å². The third kappa shape index (κ3) is 2.54. The zero-order chi connectivity index (χ0) is 14.9. The van der Waals surface area contributed by atoms with Crippen molar-refractivity contribution in [3.63, 3.8) is 0 Å². The molecule has 0 saturated heterocycles. The fourth-order valence-electron chi connectivity index (χ4n) is 2.72. The van der Waals surface area contributed by atoms with Crippen LogP contribution in [0, 0.1) is 17.7 Å². The Bertz CT molecular complexity index is 551. The molecule has 0 aromatic heterocycles. The minimum Gasteiger partial charge on any atom is -0.481 e. The van der Waals surface area contributed by atoms with Gasteiger partial charge in [0.1, 0.15) is 11.6 Å². The number of Topliss-reactive ketones (excluding diaryl/α,β-unsaturated/α-hetero) is 1. The van der Waals surface area contributed by atoms with Crippen molar-refractivity contribution in [3.05, 3.63) is 35.6 Å². The summed E-state index contributed by atoms with van der Waals surface area (Å²) in [4.78, 5) is 34.6. The number of carboxylic acids is 2. The van der Waals surface area contributed by atoms with Crippen molar-refractivity contribution in [1.29, 1.82) is 0 Å². The standard InChI is InChI=1S/C14H13FO5/c15-8-3-1-7(2-4-8)11-10(16)6-5-9(13(17)18)12(11)14(19)20/h1-4,9,11-12H,5-6H2,(H,17,18)(H,19,20). The number of aliphatic carboxylic acids is 2. The predicted octanol–water partition coefficient (Wildman–Crippen LogP) is 1.67. The largest absolute Gasteiger partial charge is 0.481 e. The Morgan fingerprint density at radius 1 is 1.10 bits per heavy atom. The molecule has 2 rings (SSSR count). The fourth-order valence-corrected chi connectivity index (χ4v) is 2.72. The maximum atomic E-state index is 12.9. The van der Waals surface area contributed by atoms with E-state index in [1.165, 1.54) is 12.1 Å². The maximum absolute atomic E-state index is 12.9. The highest BCUT2D eigenvalue weighted by Crippen LogP contribution is 2.39. The number of halogens is 1. The molecule has 0 radical (unpaired) electrons. The SMILES string of the molecule is O=C(O)C1CCC(=O)C(c2ccc(F)cc2)C1C(=O)O. The second-order valence-corrected chi connectivity index (χ2v) is 4.84. The summed E-state index contributed by atoms with van der Waals surface area (Å²) in [7, 11) is 0. The van der Waals surface area contributed by atoms with Crippen LogP contribution in [0.25, 0.3) is 0 Å². The molecule has 0 aliphatic heterocycles. The summed E-state index contributed by atoms with van der Waals surface area (Å²) in [5.41, 5.74) is 0.342. The average Bonchev–Trinajstić information content (AvgIpc) is 2.39. The number of ketones is 1. The van der Waals surface area contributed by atoms with E-state index >= 15 is 0 Å². The lowest BCUT2D eigenvalue weighted by molar-refractivity contribution is -0.158. The first-order chi connectivity index (χ1) is 9.41. The van der Waals surface area contributed by atoms with Gasteiger partial charge in [-0.3, -0.25) is 14.4 Å². The molecule has 6 heteroatoms. The number of carbonyl (C=O) groups excluding carboxylic acids is 1. The van der Waals surface area contributed by atoms with Crippen LogP contribution >= 0.6 is 0 Å². The van der Waals surface area contributed by atoms with Crippen LogP contribution in [-0.2, 0) is 14.4 Å². The second-order valence-electron chi connectivity index (χ2n) is 4.84. The van der Waals surface area contributed by atoms with Crippen LogP contribution in [0.4, 0.5) is 4.39 Å². The molecule has 20 heavy (non-hydrogen) atoms. The van der Waals surface area contributed by atoms with Crippen LogP contribution in [-0.4, -0.2) is 27.9 Å². The van der Waals surface area contributed by atoms with Crippen LogP contribution in [0.5, 0.6) is 0 Å². The predicted molar refractivity (Wildman–Crippen MR) is 65.6 cm³/mol. The van der Waals surface area contributed by atoms with E-state index in [2.05, 4.69) is 0 Å². The summed E-state index contributed by atoms with van der Waals surface area (Å²) in [6.45, 7) is 0. The number of hydrogen-bond acceptors (Lipinski definition) is 3.